The van der Waals surface area contributed by atoms with E-state index in [0.29, 0.717) is 0 Å². The first kappa shape index (κ1) is 17.2. The Morgan fingerprint density at radius 3 is 2.39 bits per heavy atom. The van der Waals surface area contributed by atoms with Crippen LogP contribution < -0.4 is 10.6 Å². The molecule has 120 valence electrons. The van der Waals surface area contributed by atoms with Crippen molar-refractivity contribution >= 4 is 57.1 Å². The van der Waals surface area contributed by atoms with Crippen LogP contribution in [-0.4, -0.2) is 15.9 Å². The summed E-state index contributed by atoms with van der Waals surface area (Å²) in [6.07, 6.45) is 1.58. The molecule has 0 bridgehead atoms. The number of rotatable bonds is 3. The van der Waals surface area contributed by atoms with E-state index in [9.17, 15) is 4.79 Å². The second-order valence-electron chi connectivity index (χ2n) is 5.07. The number of benzene rings is 1. The van der Waals surface area contributed by atoms with Gasteiger partial charge in [-0.1, -0.05) is 0 Å². The van der Waals surface area contributed by atoms with Gasteiger partial charge in [-0.25, -0.2) is 9.97 Å². The highest BCUT2D eigenvalue weighted by atomic mass is 35.5. The van der Waals surface area contributed by atoms with Gasteiger partial charge in [-0.05, 0) is 43.7 Å². The molecule has 0 saturated heterocycles. The highest BCUT2D eigenvalue weighted by Crippen LogP contribution is 2.33. The van der Waals surface area contributed by atoms with Crippen LogP contribution in [0.3, 0.4) is 0 Å². The van der Waals surface area contributed by atoms with Crippen molar-refractivity contribution in [2.75, 3.05) is 10.6 Å². The average molecular weight is 349 g/mol. The van der Waals surface area contributed by atoms with Crippen LogP contribution in [0.25, 0.3) is 10.2 Å². The van der Waals surface area contributed by atoms with Crippen LogP contribution >= 0.6 is 23.7 Å². The third-order valence-electron chi connectivity index (χ3n) is 3.43. The van der Waals surface area contributed by atoms with Crippen LogP contribution in [0.2, 0.25) is 0 Å². The lowest BCUT2D eigenvalue weighted by molar-refractivity contribution is -0.114. The van der Waals surface area contributed by atoms with Crippen molar-refractivity contribution in [3.63, 3.8) is 0 Å². The molecule has 3 rings (SSSR count). The number of carbonyl (C=O) groups is 1. The molecule has 2 heterocycles. The Morgan fingerprint density at radius 2 is 1.74 bits per heavy atom. The summed E-state index contributed by atoms with van der Waals surface area (Å²) in [5.74, 6) is 0.724. The minimum Gasteiger partial charge on any atom is -0.340 e. The zero-order chi connectivity index (χ0) is 15.7. The number of fused-ring (bicyclic) bond motifs is 1. The maximum absolute atomic E-state index is 11.0. The zero-order valence-corrected chi connectivity index (χ0v) is 14.6. The van der Waals surface area contributed by atoms with E-state index in [0.717, 1.165) is 27.4 Å². The van der Waals surface area contributed by atoms with E-state index in [1.165, 1.54) is 17.4 Å². The van der Waals surface area contributed by atoms with Gasteiger partial charge in [0.1, 0.15) is 17.0 Å². The molecular weight excluding hydrogens is 332 g/mol. The summed E-state index contributed by atoms with van der Waals surface area (Å²) in [5.41, 5.74) is 2.89. The quantitative estimate of drug-likeness (QED) is 0.734. The number of amides is 1. The highest BCUT2D eigenvalue weighted by molar-refractivity contribution is 7.18. The van der Waals surface area contributed by atoms with Gasteiger partial charge in [0.15, 0.2) is 0 Å². The van der Waals surface area contributed by atoms with Gasteiger partial charge in [-0.3, -0.25) is 4.79 Å². The summed E-state index contributed by atoms with van der Waals surface area (Å²) >= 11 is 1.67. The normalized spacial score (nSPS) is 10.2. The first-order valence-corrected chi connectivity index (χ1v) is 7.71. The fourth-order valence-electron chi connectivity index (χ4n) is 2.25. The van der Waals surface area contributed by atoms with Crippen molar-refractivity contribution in [3.05, 3.63) is 41.0 Å². The van der Waals surface area contributed by atoms with Gasteiger partial charge in [-0.15, -0.1) is 23.7 Å². The maximum atomic E-state index is 11.0. The predicted molar refractivity (Wildman–Crippen MR) is 98.2 cm³/mol. The number of thiophene rings is 1. The van der Waals surface area contributed by atoms with E-state index in [1.54, 1.807) is 17.7 Å². The summed E-state index contributed by atoms with van der Waals surface area (Å²) < 4.78 is 0. The minimum absolute atomic E-state index is 0. The molecule has 0 unspecified atom stereocenters. The molecule has 1 aromatic carbocycles. The molecule has 0 saturated carbocycles. The Balaban J connectivity index is 0.00000192. The molecule has 0 fully saturated rings. The monoisotopic (exact) mass is 348 g/mol. The molecule has 2 aromatic heterocycles. The van der Waals surface area contributed by atoms with E-state index >= 15 is 0 Å². The smallest absolute Gasteiger partial charge is 0.221 e. The zero-order valence-electron chi connectivity index (χ0n) is 13.0. The van der Waals surface area contributed by atoms with Gasteiger partial charge in [0.25, 0.3) is 0 Å². The summed E-state index contributed by atoms with van der Waals surface area (Å²) in [6, 6.07) is 7.53. The van der Waals surface area contributed by atoms with Crippen LogP contribution in [0.4, 0.5) is 17.2 Å². The second kappa shape index (κ2) is 6.93. The van der Waals surface area contributed by atoms with Crippen LogP contribution in [-0.2, 0) is 4.79 Å². The van der Waals surface area contributed by atoms with Gasteiger partial charge in [0, 0.05) is 23.2 Å². The number of hydrogen-bond acceptors (Lipinski definition) is 5. The SMILES string of the molecule is CC(=O)Nc1ccc(Nc2ncnc3sc(C)c(C)c23)cc1.Cl. The molecule has 2 N–H and O–H groups in total. The first-order valence-electron chi connectivity index (χ1n) is 6.90. The maximum Gasteiger partial charge on any atom is 0.221 e. The van der Waals surface area contributed by atoms with Crippen molar-refractivity contribution in [2.45, 2.75) is 20.8 Å². The lowest BCUT2D eigenvalue weighted by Crippen LogP contribution is -2.05. The van der Waals surface area contributed by atoms with Gasteiger partial charge < -0.3 is 10.6 Å². The molecular formula is C16H17ClN4OS. The summed E-state index contributed by atoms with van der Waals surface area (Å²) in [7, 11) is 0. The number of carbonyl (C=O) groups excluding carboxylic acids is 1. The molecule has 0 atom stereocenters. The number of aromatic nitrogens is 2. The molecule has 0 aliphatic carbocycles. The summed E-state index contributed by atoms with van der Waals surface area (Å²) in [5, 5.41) is 7.14. The molecule has 23 heavy (non-hydrogen) atoms. The van der Waals surface area contributed by atoms with E-state index < -0.39 is 0 Å². The molecule has 7 heteroatoms. The molecule has 0 spiro atoms. The molecule has 5 nitrogen and oxygen atoms in total. The van der Waals surface area contributed by atoms with Crippen LogP contribution in [0, 0.1) is 13.8 Å². The van der Waals surface area contributed by atoms with Crippen molar-refractivity contribution in [3.8, 4) is 0 Å². The van der Waals surface area contributed by atoms with Crippen molar-refractivity contribution in [2.24, 2.45) is 0 Å². The summed E-state index contributed by atoms with van der Waals surface area (Å²) in [6.45, 7) is 5.67. The topological polar surface area (TPSA) is 66.9 Å². The van der Waals surface area contributed by atoms with E-state index in [-0.39, 0.29) is 18.3 Å². The van der Waals surface area contributed by atoms with Crippen molar-refractivity contribution < 1.29 is 4.79 Å². The number of nitrogens with one attached hydrogen (secondary N) is 2. The molecule has 0 aliphatic rings. The van der Waals surface area contributed by atoms with Crippen LogP contribution in [0.5, 0.6) is 0 Å². The van der Waals surface area contributed by atoms with Crippen LogP contribution in [0.15, 0.2) is 30.6 Å². The van der Waals surface area contributed by atoms with E-state index in [2.05, 4.69) is 34.4 Å². The number of aryl methyl sites for hydroxylation is 2. The highest BCUT2D eigenvalue weighted by Gasteiger charge is 2.11. The Hall–Kier alpha value is -2.18. The number of halogens is 1. The average Bonchev–Trinajstić information content (AvgIpc) is 2.77. The third kappa shape index (κ3) is 3.60. The minimum atomic E-state index is -0.0809. The fraction of sp³-hybridized carbons (Fsp3) is 0.188. The molecule has 0 radical (unpaired) electrons. The number of nitrogens with zero attached hydrogens (tertiary/aromatic N) is 2. The Morgan fingerprint density at radius 1 is 1.09 bits per heavy atom. The van der Waals surface area contributed by atoms with E-state index in [4.69, 9.17) is 0 Å². The van der Waals surface area contributed by atoms with Crippen molar-refractivity contribution in [1.82, 2.24) is 9.97 Å². The Bertz CT molecular complexity index is 845. The first-order chi connectivity index (χ1) is 10.5. The Kier molecular flexibility index (Phi) is 5.18. The standard InChI is InChI=1S/C16H16N4OS.ClH/c1-9-10(2)22-16-14(9)15(17-8-18-16)20-13-6-4-12(5-7-13)19-11(3)21;/h4-8H,1-3H3,(H,19,21)(H,17,18,20);1H. The molecule has 3 aromatic rings. The third-order valence-corrected chi connectivity index (χ3v) is 4.55. The fourth-order valence-corrected chi connectivity index (χ4v) is 3.25. The van der Waals surface area contributed by atoms with Gasteiger partial charge >= 0.3 is 0 Å². The van der Waals surface area contributed by atoms with E-state index in [1.807, 2.05) is 24.3 Å². The molecule has 0 aliphatic heterocycles. The lowest BCUT2D eigenvalue weighted by atomic mass is 10.2. The number of hydrogen-bond donors (Lipinski definition) is 2. The van der Waals surface area contributed by atoms with Gasteiger partial charge in [-0.2, -0.15) is 0 Å². The van der Waals surface area contributed by atoms with Gasteiger partial charge in [0.05, 0.1) is 5.39 Å². The number of anilines is 3. The largest absolute Gasteiger partial charge is 0.340 e. The van der Waals surface area contributed by atoms with Crippen LogP contribution in [0.1, 0.15) is 17.4 Å². The van der Waals surface area contributed by atoms with Gasteiger partial charge in [0.2, 0.25) is 5.91 Å². The predicted octanol–water partition coefficient (Wildman–Crippen LogP) is 4.43. The lowest BCUT2D eigenvalue weighted by Gasteiger charge is -2.08. The second-order valence-corrected chi connectivity index (χ2v) is 6.27. The molecule has 1 amide bonds. The Labute approximate surface area is 144 Å². The summed E-state index contributed by atoms with van der Waals surface area (Å²) in [4.78, 5) is 22.0. The van der Waals surface area contributed by atoms with Crippen molar-refractivity contribution in [1.29, 1.82) is 0 Å².